The second-order valence-corrected chi connectivity index (χ2v) is 6.68. The molecule has 1 aromatic heterocycles. The zero-order chi connectivity index (χ0) is 18.1. The molecule has 6 nitrogen and oxygen atoms in total. The van der Waals surface area contributed by atoms with E-state index in [-0.39, 0.29) is 11.8 Å². The number of rotatable bonds is 4. The molecule has 1 aliphatic heterocycles. The Kier molecular flexibility index (Phi) is 4.14. The molecule has 3 aromatic rings. The van der Waals surface area contributed by atoms with Crippen molar-refractivity contribution in [1.29, 1.82) is 0 Å². The van der Waals surface area contributed by atoms with Gasteiger partial charge in [-0.25, -0.2) is 4.98 Å². The lowest BCUT2D eigenvalue weighted by molar-refractivity contribution is -0.115. The molecule has 2 aromatic carbocycles. The molecule has 130 valence electrons. The van der Waals surface area contributed by atoms with Crippen molar-refractivity contribution in [2.24, 2.45) is 0 Å². The molecule has 0 fully saturated rings. The van der Waals surface area contributed by atoms with E-state index in [1.807, 2.05) is 23.6 Å². The van der Waals surface area contributed by atoms with Crippen LogP contribution in [0.5, 0.6) is 5.75 Å². The van der Waals surface area contributed by atoms with Crippen molar-refractivity contribution in [3.63, 3.8) is 0 Å². The number of carbonyl (C=O) groups is 2. The molecule has 2 amide bonds. The number of fused-ring (bicyclic) bond motifs is 1. The van der Waals surface area contributed by atoms with Gasteiger partial charge in [0.25, 0.3) is 5.91 Å². The van der Waals surface area contributed by atoms with Crippen molar-refractivity contribution < 1.29 is 14.3 Å². The number of carbonyl (C=O) groups excluding carboxylic acids is 2. The van der Waals surface area contributed by atoms with Crippen LogP contribution in [0.3, 0.4) is 0 Å². The summed E-state index contributed by atoms with van der Waals surface area (Å²) in [6, 6.07) is 12.6. The van der Waals surface area contributed by atoms with Crippen LogP contribution in [0.4, 0.5) is 10.8 Å². The number of thiazole rings is 1. The van der Waals surface area contributed by atoms with Gasteiger partial charge in [0, 0.05) is 22.2 Å². The lowest BCUT2D eigenvalue weighted by Gasteiger charge is -2.04. The van der Waals surface area contributed by atoms with Gasteiger partial charge in [-0.2, -0.15) is 0 Å². The summed E-state index contributed by atoms with van der Waals surface area (Å²) >= 11 is 1.36. The molecule has 0 spiro atoms. The van der Waals surface area contributed by atoms with Gasteiger partial charge in [-0.15, -0.1) is 11.3 Å². The molecule has 0 atom stereocenters. The van der Waals surface area contributed by atoms with Gasteiger partial charge in [0.2, 0.25) is 5.91 Å². The minimum atomic E-state index is -0.225. The maximum atomic E-state index is 12.3. The Morgan fingerprint density at radius 2 is 2.04 bits per heavy atom. The quantitative estimate of drug-likeness (QED) is 0.741. The standard InChI is InChI=1S/C19H15N3O3S/c1-25-14-5-2-11(3-6-14)18(24)22-19-21-16(10-26-19)12-4-7-15-13(8-12)9-17(23)20-15/h2-8,10H,9H2,1H3,(H,20,23)(H,21,22,24). The van der Waals surface area contributed by atoms with Crippen molar-refractivity contribution in [1.82, 2.24) is 4.98 Å². The monoisotopic (exact) mass is 365 g/mol. The summed E-state index contributed by atoms with van der Waals surface area (Å²) in [6.45, 7) is 0. The molecule has 0 aliphatic carbocycles. The van der Waals surface area contributed by atoms with Gasteiger partial charge in [-0.1, -0.05) is 6.07 Å². The van der Waals surface area contributed by atoms with E-state index in [9.17, 15) is 9.59 Å². The third-order valence-corrected chi connectivity index (χ3v) is 4.86. The summed E-state index contributed by atoms with van der Waals surface area (Å²) in [5, 5.41) is 8.03. The van der Waals surface area contributed by atoms with Gasteiger partial charge in [0.1, 0.15) is 5.75 Å². The van der Waals surface area contributed by atoms with E-state index < -0.39 is 0 Å². The second kappa shape index (κ2) is 6.61. The Morgan fingerprint density at radius 1 is 1.23 bits per heavy atom. The summed E-state index contributed by atoms with van der Waals surface area (Å²) in [5.74, 6) is 0.475. The van der Waals surface area contributed by atoms with Crippen molar-refractivity contribution in [3.05, 3.63) is 59.0 Å². The topological polar surface area (TPSA) is 80.3 Å². The summed E-state index contributed by atoms with van der Waals surface area (Å²) in [5.41, 5.74) is 4.03. The van der Waals surface area contributed by atoms with Crippen LogP contribution in [-0.4, -0.2) is 23.9 Å². The summed E-state index contributed by atoms with van der Waals surface area (Å²) in [6.07, 6.45) is 0.383. The van der Waals surface area contributed by atoms with E-state index in [1.165, 1.54) is 11.3 Å². The first-order chi connectivity index (χ1) is 12.6. The number of nitrogens with zero attached hydrogens (tertiary/aromatic N) is 1. The van der Waals surface area contributed by atoms with Crippen LogP contribution in [0.25, 0.3) is 11.3 Å². The van der Waals surface area contributed by atoms with Gasteiger partial charge < -0.3 is 10.1 Å². The van der Waals surface area contributed by atoms with E-state index in [2.05, 4.69) is 15.6 Å². The normalized spacial score (nSPS) is 12.4. The van der Waals surface area contributed by atoms with Crippen molar-refractivity contribution in [2.45, 2.75) is 6.42 Å². The smallest absolute Gasteiger partial charge is 0.257 e. The van der Waals surface area contributed by atoms with Gasteiger partial charge in [-0.05, 0) is 42.0 Å². The number of benzene rings is 2. The van der Waals surface area contributed by atoms with Crippen LogP contribution >= 0.6 is 11.3 Å². The minimum absolute atomic E-state index is 0.00266. The fraction of sp³-hybridized carbons (Fsp3) is 0.105. The second-order valence-electron chi connectivity index (χ2n) is 5.82. The Hall–Kier alpha value is -3.19. The minimum Gasteiger partial charge on any atom is -0.497 e. The molecule has 0 radical (unpaired) electrons. The number of methoxy groups -OCH3 is 1. The van der Waals surface area contributed by atoms with Crippen LogP contribution in [0, 0.1) is 0 Å². The van der Waals surface area contributed by atoms with Gasteiger partial charge in [0.15, 0.2) is 5.13 Å². The van der Waals surface area contributed by atoms with Crippen molar-refractivity contribution in [3.8, 4) is 17.0 Å². The van der Waals surface area contributed by atoms with E-state index >= 15 is 0 Å². The largest absolute Gasteiger partial charge is 0.497 e. The number of ether oxygens (including phenoxy) is 1. The molecule has 2 N–H and O–H groups in total. The molecule has 0 unspecified atom stereocenters. The molecule has 4 rings (SSSR count). The highest BCUT2D eigenvalue weighted by atomic mass is 32.1. The molecule has 0 bridgehead atoms. The first-order valence-corrected chi connectivity index (χ1v) is 8.84. The molecule has 1 aliphatic rings. The van der Waals surface area contributed by atoms with E-state index in [1.54, 1.807) is 31.4 Å². The number of nitrogens with one attached hydrogen (secondary N) is 2. The predicted octanol–water partition coefficient (Wildman–Crippen LogP) is 3.57. The molecule has 26 heavy (non-hydrogen) atoms. The number of hydrogen-bond acceptors (Lipinski definition) is 5. The molecule has 2 heterocycles. The first kappa shape index (κ1) is 16.3. The van der Waals surface area contributed by atoms with Gasteiger partial charge in [0.05, 0.1) is 19.2 Å². The van der Waals surface area contributed by atoms with Crippen LogP contribution in [-0.2, 0) is 11.2 Å². The molecule has 0 saturated heterocycles. The Morgan fingerprint density at radius 3 is 2.81 bits per heavy atom. The average Bonchev–Trinajstić information content (AvgIpc) is 3.26. The molecular weight excluding hydrogens is 350 g/mol. The Bertz CT molecular complexity index is 996. The molecular formula is C19H15N3O3S. The van der Waals surface area contributed by atoms with Crippen molar-refractivity contribution in [2.75, 3.05) is 17.7 Å². The SMILES string of the molecule is COc1ccc(C(=O)Nc2nc(-c3ccc4c(c3)CC(=O)N4)cs2)cc1. The zero-order valence-electron chi connectivity index (χ0n) is 13.9. The van der Waals surface area contributed by atoms with E-state index in [4.69, 9.17) is 4.74 Å². The summed E-state index contributed by atoms with van der Waals surface area (Å²) in [7, 11) is 1.58. The lowest BCUT2D eigenvalue weighted by Crippen LogP contribution is -2.11. The van der Waals surface area contributed by atoms with Crippen LogP contribution in [0.15, 0.2) is 47.8 Å². The zero-order valence-corrected chi connectivity index (χ0v) is 14.7. The number of hydrogen-bond donors (Lipinski definition) is 2. The van der Waals surface area contributed by atoms with E-state index in [0.29, 0.717) is 22.9 Å². The van der Waals surface area contributed by atoms with Crippen LogP contribution < -0.4 is 15.4 Å². The first-order valence-electron chi connectivity index (χ1n) is 7.96. The highest BCUT2D eigenvalue weighted by molar-refractivity contribution is 7.14. The number of anilines is 2. The maximum absolute atomic E-state index is 12.3. The Labute approximate surface area is 153 Å². The van der Waals surface area contributed by atoms with E-state index in [0.717, 1.165) is 22.5 Å². The molecule has 7 heteroatoms. The van der Waals surface area contributed by atoms with Crippen molar-refractivity contribution >= 4 is 34.0 Å². The maximum Gasteiger partial charge on any atom is 0.257 e. The fourth-order valence-electron chi connectivity index (χ4n) is 2.76. The summed E-state index contributed by atoms with van der Waals surface area (Å²) in [4.78, 5) is 28.3. The third kappa shape index (κ3) is 3.16. The van der Waals surface area contributed by atoms with Crippen LogP contribution in [0.1, 0.15) is 15.9 Å². The average molecular weight is 365 g/mol. The Balaban J connectivity index is 1.50. The van der Waals surface area contributed by atoms with Gasteiger partial charge in [-0.3, -0.25) is 14.9 Å². The lowest BCUT2D eigenvalue weighted by atomic mass is 10.1. The number of amides is 2. The highest BCUT2D eigenvalue weighted by Crippen LogP contribution is 2.31. The third-order valence-electron chi connectivity index (χ3n) is 4.10. The highest BCUT2D eigenvalue weighted by Gasteiger charge is 2.18. The molecule has 0 saturated carbocycles. The fourth-order valence-corrected chi connectivity index (χ4v) is 3.48. The van der Waals surface area contributed by atoms with Gasteiger partial charge >= 0.3 is 0 Å². The number of aromatic nitrogens is 1. The predicted molar refractivity (Wildman–Crippen MR) is 101 cm³/mol. The summed E-state index contributed by atoms with van der Waals surface area (Å²) < 4.78 is 5.09. The van der Waals surface area contributed by atoms with Crippen LogP contribution in [0.2, 0.25) is 0 Å².